The average molecular weight is 556 g/mol. The van der Waals surface area contributed by atoms with Gasteiger partial charge in [0.25, 0.3) is 0 Å². The minimum absolute atomic E-state index is 0.271. The summed E-state index contributed by atoms with van der Waals surface area (Å²) in [5.41, 5.74) is 16.0. The van der Waals surface area contributed by atoms with E-state index in [-0.39, 0.29) is 6.61 Å². The zero-order chi connectivity index (χ0) is 28.2. The first-order valence-corrected chi connectivity index (χ1v) is 17.1. The van der Waals surface area contributed by atoms with Crippen LogP contribution in [0, 0.1) is 11.5 Å². The third-order valence-corrected chi connectivity index (χ3v) is 7.29. The summed E-state index contributed by atoms with van der Waals surface area (Å²) >= 11 is 0. The lowest BCUT2D eigenvalue weighted by molar-refractivity contribution is -0.217. The number of azide groups is 1. The van der Waals surface area contributed by atoms with Crippen molar-refractivity contribution in [3.63, 3.8) is 0 Å². The molecule has 7 nitrogen and oxygen atoms in total. The summed E-state index contributed by atoms with van der Waals surface area (Å²) in [4.78, 5) is 3.16. The van der Waals surface area contributed by atoms with Crippen LogP contribution < -0.4 is 0 Å². The zero-order valence-corrected chi connectivity index (χ0v) is 24.4. The average Bonchev–Trinajstić information content (AvgIpc) is 2.96. The molecule has 0 radical (unpaired) electrons. The summed E-state index contributed by atoms with van der Waals surface area (Å²) in [6.07, 6.45) is -2.29. The van der Waals surface area contributed by atoms with Crippen LogP contribution >= 0.6 is 0 Å². The molecule has 40 heavy (non-hydrogen) atoms. The Morgan fingerprint density at radius 3 is 1.77 bits per heavy atom. The number of rotatable bonds is 11. The minimum atomic E-state index is -1.73. The fraction of sp³-hybridized carbons (Fsp3) is 0.375. The van der Waals surface area contributed by atoms with Crippen LogP contribution in [0.4, 0.5) is 0 Å². The van der Waals surface area contributed by atoms with Crippen LogP contribution in [0.5, 0.6) is 0 Å². The Balaban J connectivity index is 1.63. The van der Waals surface area contributed by atoms with Crippen LogP contribution in [0.3, 0.4) is 0 Å². The van der Waals surface area contributed by atoms with Gasteiger partial charge >= 0.3 is 0 Å². The molecule has 0 unspecified atom stereocenters. The molecule has 0 aliphatic carbocycles. The van der Waals surface area contributed by atoms with Crippen molar-refractivity contribution in [2.45, 2.75) is 69.9 Å². The lowest BCUT2D eigenvalue weighted by Crippen LogP contribution is -2.59. The van der Waals surface area contributed by atoms with Crippen LogP contribution in [0.1, 0.15) is 16.7 Å². The second-order valence-electron chi connectivity index (χ2n) is 10.8. The number of ether oxygens (including phenoxy) is 4. The second-order valence-corrected chi connectivity index (χ2v) is 15.6. The molecule has 0 bridgehead atoms. The zero-order valence-electron chi connectivity index (χ0n) is 23.4. The van der Waals surface area contributed by atoms with Gasteiger partial charge in [0.1, 0.15) is 32.4 Å². The highest BCUT2D eigenvalue weighted by Crippen LogP contribution is 2.30. The normalized spacial score (nSPS) is 22.5. The predicted molar refractivity (Wildman–Crippen MR) is 159 cm³/mol. The first kappa shape index (κ1) is 29.6. The molecule has 1 fully saturated rings. The van der Waals surface area contributed by atoms with Gasteiger partial charge in [-0.25, -0.2) is 0 Å². The lowest BCUT2D eigenvalue weighted by Gasteiger charge is -2.43. The summed E-state index contributed by atoms with van der Waals surface area (Å²) in [5.74, 6) is 3.29. The second kappa shape index (κ2) is 14.8. The Morgan fingerprint density at radius 2 is 1.27 bits per heavy atom. The van der Waals surface area contributed by atoms with E-state index in [4.69, 9.17) is 18.9 Å². The van der Waals surface area contributed by atoms with Crippen LogP contribution in [0.25, 0.3) is 10.4 Å². The van der Waals surface area contributed by atoms with E-state index >= 15 is 0 Å². The highest BCUT2D eigenvalue weighted by Gasteiger charge is 2.47. The van der Waals surface area contributed by atoms with Crippen molar-refractivity contribution in [1.82, 2.24) is 0 Å². The standard InChI is InChI=1S/C32H37N3O4Si/c1-40(2,3)20-19-28-30(34-35-33)32(38-23-27-17-11-6-12-18-27)31(37-22-26-15-9-5-10-16-26)29(39-28)24-36-21-25-13-7-4-8-14-25/h4-18,28-32H,21-24H2,1-3H3/t28-,29+,30+,31+,32+/m0/s1. The SMILES string of the molecule is C[Si](C)(C)C#C[C@@H]1O[C@H](COCc2ccccc2)[C@@H](OCc2ccccc2)[C@H](OCc2ccccc2)[C@@H]1N=[N+]=[N-]. The fourth-order valence-electron chi connectivity index (χ4n) is 4.45. The summed E-state index contributed by atoms with van der Waals surface area (Å²) in [5, 5.41) is 4.15. The van der Waals surface area contributed by atoms with Crippen LogP contribution in [0.2, 0.25) is 19.6 Å². The summed E-state index contributed by atoms with van der Waals surface area (Å²) < 4.78 is 25.7. The van der Waals surface area contributed by atoms with E-state index in [2.05, 4.69) is 41.1 Å². The molecule has 8 heteroatoms. The van der Waals surface area contributed by atoms with E-state index in [1.807, 2.05) is 91.0 Å². The Labute approximate surface area is 238 Å². The van der Waals surface area contributed by atoms with Gasteiger partial charge in [0, 0.05) is 4.91 Å². The van der Waals surface area contributed by atoms with E-state index in [1.165, 1.54) is 0 Å². The topological polar surface area (TPSA) is 85.7 Å². The van der Waals surface area contributed by atoms with Crippen molar-refractivity contribution in [3.05, 3.63) is 118 Å². The molecule has 208 valence electrons. The molecule has 0 spiro atoms. The van der Waals surface area contributed by atoms with Gasteiger partial charge in [-0.05, 0) is 22.2 Å². The van der Waals surface area contributed by atoms with Crippen molar-refractivity contribution < 1.29 is 18.9 Å². The van der Waals surface area contributed by atoms with Gasteiger partial charge in [0.05, 0.1) is 32.5 Å². The fourth-order valence-corrected chi connectivity index (χ4v) is 5.02. The first-order chi connectivity index (χ1) is 19.4. The van der Waals surface area contributed by atoms with Crippen molar-refractivity contribution in [1.29, 1.82) is 0 Å². The summed E-state index contributed by atoms with van der Waals surface area (Å²) in [6.45, 7) is 7.90. The van der Waals surface area contributed by atoms with Gasteiger partial charge in [0.15, 0.2) is 0 Å². The van der Waals surface area contributed by atoms with E-state index in [1.54, 1.807) is 0 Å². The molecule has 5 atom stereocenters. The molecule has 4 rings (SSSR count). The number of nitrogens with zero attached hydrogens (tertiary/aromatic N) is 3. The molecule has 1 saturated heterocycles. The molecular formula is C32H37N3O4Si. The largest absolute Gasteiger partial charge is 0.374 e. The molecule has 1 aliphatic heterocycles. The van der Waals surface area contributed by atoms with E-state index in [0.717, 1.165) is 16.7 Å². The van der Waals surface area contributed by atoms with Crippen molar-refractivity contribution in [2.24, 2.45) is 5.11 Å². The smallest absolute Gasteiger partial charge is 0.129 e. The van der Waals surface area contributed by atoms with Crippen LogP contribution in [0.15, 0.2) is 96.1 Å². The van der Waals surface area contributed by atoms with Crippen molar-refractivity contribution in [3.8, 4) is 11.5 Å². The number of benzene rings is 3. The molecule has 0 saturated carbocycles. The Bertz CT molecular complexity index is 1290. The molecule has 0 aromatic heterocycles. The van der Waals surface area contributed by atoms with Gasteiger partial charge in [-0.1, -0.05) is 122 Å². The molecule has 3 aromatic rings. The van der Waals surface area contributed by atoms with E-state index in [9.17, 15) is 5.53 Å². The third-order valence-electron chi connectivity index (χ3n) is 6.40. The summed E-state index contributed by atoms with van der Waals surface area (Å²) in [6, 6.07) is 29.2. The first-order valence-electron chi connectivity index (χ1n) is 13.6. The maximum absolute atomic E-state index is 9.54. The molecule has 0 amide bonds. The Kier molecular flexibility index (Phi) is 11.0. The Hall–Kier alpha value is -3.41. The number of hydrogen-bond donors (Lipinski definition) is 0. The van der Waals surface area contributed by atoms with E-state index < -0.39 is 38.5 Å². The highest BCUT2D eigenvalue weighted by atomic mass is 28.3. The van der Waals surface area contributed by atoms with E-state index in [0.29, 0.717) is 19.8 Å². The van der Waals surface area contributed by atoms with Gasteiger partial charge in [-0.15, -0.1) is 5.54 Å². The quantitative estimate of drug-likeness (QED) is 0.0866. The maximum Gasteiger partial charge on any atom is 0.129 e. The van der Waals surface area contributed by atoms with Crippen LogP contribution in [-0.2, 0) is 38.8 Å². The molecule has 1 aliphatic rings. The number of hydrogen-bond acceptors (Lipinski definition) is 5. The third kappa shape index (κ3) is 9.07. The van der Waals surface area contributed by atoms with Crippen molar-refractivity contribution >= 4 is 8.07 Å². The van der Waals surface area contributed by atoms with Gasteiger partial charge < -0.3 is 18.9 Å². The summed E-state index contributed by atoms with van der Waals surface area (Å²) in [7, 11) is -1.73. The van der Waals surface area contributed by atoms with Crippen LogP contribution in [-0.4, -0.2) is 45.1 Å². The lowest BCUT2D eigenvalue weighted by atomic mass is 9.93. The van der Waals surface area contributed by atoms with Gasteiger partial charge in [-0.2, -0.15) is 0 Å². The minimum Gasteiger partial charge on any atom is -0.374 e. The molecule has 3 aromatic carbocycles. The van der Waals surface area contributed by atoms with Gasteiger partial charge in [-0.3, -0.25) is 0 Å². The highest BCUT2D eigenvalue weighted by molar-refractivity contribution is 6.83. The Morgan fingerprint density at radius 1 is 0.775 bits per heavy atom. The molecule has 1 heterocycles. The molecule has 0 N–H and O–H groups in total. The maximum atomic E-state index is 9.54. The van der Waals surface area contributed by atoms with Gasteiger partial charge in [0.2, 0.25) is 0 Å². The molecular weight excluding hydrogens is 518 g/mol. The monoisotopic (exact) mass is 555 g/mol. The van der Waals surface area contributed by atoms with Crippen molar-refractivity contribution in [2.75, 3.05) is 6.61 Å². The predicted octanol–water partition coefficient (Wildman–Crippen LogP) is 6.70.